The minimum absolute atomic E-state index is 0.0973. The summed E-state index contributed by atoms with van der Waals surface area (Å²) in [5.74, 6) is 0.831. The predicted octanol–water partition coefficient (Wildman–Crippen LogP) is 2.87. The van der Waals surface area contributed by atoms with Gasteiger partial charge in [0.05, 0.1) is 10.9 Å². The number of nitrogens with zero attached hydrogens (tertiary/aromatic N) is 5. The standard InChI is InChI=1S/C20H23N5O2/c26-16(27)13-25-15-8-2-1-7-14(15)17-18(23-9-3-4-10-23)21-20(22-19(17)25)24-11-5-6-12-24/h1-2,7-8H,3-6,9-13H2,(H,26,27). The average molecular weight is 365 g/mol. The van der Waals surface area contributed by atoms with Crippen molar-refractivity contribution >= 4 is 39.7 Å². The molecule has 0 spiro atoms. The molecule has 7 heteroatoms. The molecule has 1 N–H and O–H groups in total. The lowest BCUT2D eigenvalue weighted by Gasteiger charge is -2.22. The summed E-state index contributed by atoms with van der Waals surface area (Å²) in [6.45, 7) is 3.81. The summed E-state index contributed by atoms with van der Waals surface area (Å²) < 4.78 is 1.83. The first kappa shape index (κ1) is 16.4. The van der Waals surface area contributed by atoms with E-state index in [-0.39, 0.29) is 6.54 Å². The highest BCUT2D eigenvalue weighted by atomic mass is 16.4. The van der Waals surface area contributed by atoms with Crippen molar-refractivity contribution in [1.82, 2.24) is 14.5 Å². The Bertz CT molecular complexity index is 1020. The maximum Gasteiger partial charge on any atom is 0.323 e. The van der Waals surface area contributed by atoms with Gasteiger partial charge >= 0.3 is 5.97 Å². The first-order valence-electron chi connectivity index (χ1n) is 9.73. The second kappa shape index (κ2) is 6.40. The summed E-state index contributed by atoms with van der Waals surface area (Å²) in [5, 5.41) is 11.5. The highest BCUT2D eigenvalue weighted by Gasteiger charge is 2.26. The van der Waals surface area contributed by atoms with Crippen LogP contribution in [0.25, 0.3) is 21.9 Å². The number of carbonyl (C=O) groups is 1. The minimum atomic E-state index is -0.860. The van der Waals surface area contributed by atoms with E-state index in [2.05, 4.69) is 15.9 Å². The summed E-state index contributed by atoms with van der Waals surface area (Å²) in [5.41, 5.74) is 1.64. The van der Waals surface area contributed by atoms with E-state index in [1.807, 2.05) is 22.8 Å². The van der Waals surface area contributed by atoms with E-state index in [0.29, 0.717) is 0 Å². The van der Waals surface area contributed by atoms with Crippen LogP contribution in [-0.4, -0.2) is 51.8 Å². The second-order valence-corrected chi connectivity index (χ2v) is 7.43. The number of aromatic nitrogens is 3. The molecular weight excluding hydrogens is 342 g/mol. The van der Waals surface area contributed by atoms with Gasteiger partial charge in [0.2, 0.25) is 5.95 Å². The number of hydrogen-bond donors (Lipinski definition) is 1. The third-order valence-electron chi connectivity index (χ3n) is 5.67. The first-order chi connectivity index (χ1) is 13.2. The summed E-state index contributed by atoms with van der Waals surface area (Å²) in [6, 6.07) is 7.97. The van der Waals surface area contributed by atoms with Crippen molar-refractivity contribution < 1.29 is 9.90 Å². The lowest BCUT2D eigenvalue weighted by atomic mass is 10.2. The van der Waals surface area contributed by atoms with Gasteiger partial charge in [0.15, 0.2) is 0 Å². The summed E-state index contributed by atoms with van der Waals surface area (Å²) in [4.78, 5) is 26.0. The van der Waals surface area contributed by atoms with Crippen LogP contribution in [0.2, 0.25) is 0 Å². The smallest absolute Gasteiger partial charge is 0.323 e. The number of benzene rings is 1. The van der Waals surface area contributed by atoms with Gasteiger partial charge in [-0.05, 0) is 31.7 Å². The van der Waals surface area contributed by atoms with Crippen LogP contribution in [0, 0.1) is 0 Å². The fourth-order valence-electron chi connectivity index (χ4n) is 4.41. The van der Waals surface area contributed by atoms with Gasteiger partial charge in [0.1, 0.15) is 18.0 Å². The van der Waals surface area contributed by atoms with Crippen LogP contribution in [0.1, 0.15) is 25.7 Å². The maximum atomic E-state index is 11.6. The van der Waals surface area contributed by atoms with Gasteiger partial charge in [0, 0.05) is 31.6 Å². The molecule has 2 saturated heterocycles. The molecule has 0 unspecified atom stereocenters. The van der Waals surface area contributed by atoms with Gasteiger partial charge in [-0.25, -0.2) is 0 Å². The van der Waals surface area contributed by atoms with Crippen molar-refractivity contribution in [3.05, 3.63) is 24.3 Å². The highest BCUT2D eigenvalue weighted by Crippen LogP contribution is 2.37. The van der Waals surface area contributed by atoms with Crippen molar-refractivity contribution in [2.75, 3.05) is 36.0 Å². The normalized spacial score (nSPS) is 17.5. The average Bonchev–Trinajstić information content (AvgIpc) is 3.42. The van der Waals surface area contributed by atoms with Gasteiger partial charge in [-0.15, -0.1) is 0 Å². The topological polar surface area (TPSA) is 74.5 Å². The highest BCUT2D eigenvalue weighted by molar-refractivity contribution is 6.12. The van der Waals surface area contributed by atoms with Gasteiger partial charge < -0.3 is 19.5 Å². The summed E-state index contributed by atoms with van der Waals surface area (Å²) in [6.07, 6.45) is 4.63. The molecule has 1 aromatic carbocycles. The number of rotatable bonds is 4. The van der Waals surface area contributed by atoms with Crippen molar-refractivity contribution in [1.29, 1.82) is 0 Å². The Morgan fingerprint density at radius 1 is 0.963 bits per heavy atom. The molecule has 0 bridgehead atoms. The molecule has 5 rings (SSSR count). The van der Waals surface area contributed by atoms with E-state index in [0.717, 1.165) is 85.6 Å². The summed E-state index contributed by atoms with van der Waals surface area (Å²) in [7, 11) is 0. The van der Waals surface area contributed by atoms with E-state index in [1.54, 1.807) is 0 Å². The fourth-order valence-corrected chi connectivity index (χ4v) is 4.41. The molecule has 140 valence electrons. The van der Waals surface area contributed by atoms with Gasteiger partial charge in [-0.3, -0.25) is 4.79 Å². The number of aliphatic carboxylic acids is 1. The first-order valence-corrected chi connectivity index (χ1v) is 9.73. The number of anilines is 2. The van der Waals surface area contributed by atoms with E-state index in [9.17, 15) is 9.90 Å². The molecule has 4 heterocycles. The largest absolute Gasteiger partial charge is 0.480 e. The number of carboxylic acids is 1. The molecule has 2 aromatic heterocycles. The van der Waals surface area contributed by atoms with Crippen molar-refractivity contribution in [3.63, 3.8) is 0 Å². The van der Waals surface area contributed by atoms with Crippen molar-refractivity contribution in [2.24, 2.45) is 0 Å². The van der Waals surface area contributed by atoms with Crippen LogP contribution in [0.15, 0.2) is 24.3 Å². The Labute approximate surface area is 157 Å². The zero-order valence-electron chi connectivity index (χ0n) is 15.3. The number of hydrogen-bond acceptors (Lipinski definition) is 5. The van der Waals surface area contributed by atoms with E-state index in [4.69, 9.17) is 9.97 Å². The molecule has 3 aromatic rings. The zero-order valence-corrected chi connectivity index (χ0v) is 15.3. The van der Waals surface area contributed by atoms with Crippen LogP contribution in [-0.2, 0) is 11.3 Å². The monoisotopic (exact) mass is 365 g/mol. The van der Waals surface area contributed by atoms with Crippen molar-refractivity contribution in [2.45, 2.75) is 32.2 Å². The Balaban J connectivity index is 1.82. The van der Waals surface area contributed by atoms with E-state index in [1.165, 1.54) is 0 Å². The Kier molecular flexibility index (Phi) is 3.88. The van der Waals surface area contributed by atoms with Gasteiger partial charge in [-0.2, -0.15) is 9.97 Å². The summed E-state index contributed by atoms with van der Waals surface area (Å²) >= 11 is 0. The molecular formula is C20H23N5O2. The minimum Gasteiger partial charge on any atom is -0.480 e. The molecule has 7 nitrogen and oxygen atoms in total. The molecule has 0 aliphatic carbocycles. The predicted molar refractivity (Wildman–Crippen MR) is 106 cm³/mol. The zero-order chi connectivity index (χ0) is 18.4. The molecule has 27 heavy (non-hydrogen) atoms. The SMILES string of the molecule is O=C(O)Cn1c2ccccc2c2c(N3CCCC3)nc(N3CCCC3)nc21. The molecule has 2 aliphatic rings. The van der Waals surface area contributed by atoms with Crippen LogP contribution >= 0.6 is 0 Å². The Morgan fingerprint density at radius 3 is 2.33 bits per heavy atom. The lowest BCUT2D eigenvalue weighted by Crippen LogP contribution is -2.24. The second-order valence-electron chi connectivity index (χ2n) is 7.43. The van der Waals surface area contributed by atoms with Gasteiger partial charge in [0.25, 0.3) is 0 Å². The van der Waals surface area contributed by atoms with Crippen molar-refractivity contribution in [3.8, 4) is 0 Å². The molecule has 2 fully saturated rings. The number of carboxylic acid groups (broad SMARTS) is 1. The van der Waals surface area contributed by atoms with Crippen LogP contribution in [0.5, 0.6) is 0 Å². The third kappa shape index (κ3) is 2.69. The molecule has 0 radical (unpaired) electrons. The van der Waals surface area contributed by atoms with Crippen LogP contribution in [0.3, 0.4) is 0 Å². The van der Waals surface area contributed by atoms with E-state index >= 15 is 0 Å². The fraction of sp³-hybridized carbons (Fsp3) is 0.450. The molecule has 0 amide bonds. The third-order valence-corrected chi connectivity index (χ3v) is 5.67. The quantitative estimate of drug-likeness (QED) is 0.766. The molecule has 2 aliphatic heterocycles. The number of para-hydroxylation sites is 1. The van der Waals surface area contributed by atoms with Crippen LogP contribution in [0.4, 0.5) is 11.8 Å². The Morgan fingerprint density at radius 2 is 1.63 bits per heavy atom. The van der Waals surface area contributed by atoms with Gasteiger partial charge in [-0.1, -0.05) is 18.2 Å². The van der Waals surface area contributed by atoms with E-state index < -0.39 is 5.97 Å². The maximum absolute atomic E-state index is 11.6. The number of fused-ring (bicyclic) bond motifs is 3. The molecule has 0 atom stereocenters. The Hall–Kier alpha value is -2.83. The lowest BCUT2D eigenvalue weighted by molar-refractivity contribution is -0.137. The molecule has 0 saturated carbocycles. The van der Waals surface area contributed by atoms with Crippen LogP contribution < -0.4 is 9.80 Å².